The van der Waals surface area contributed by atoms with Crippen LogP contribution in [0.15, 0.2) is 73.1 Å². The SMILES string of the molecule is Cc1cc(C)cc(C(=O)Nc2cncc(-c3cc(C)cc(C)c3)c2Nc2cccc(N)c2)c1. The first kappa shape index (κ1) is 22.1. The fourth-order valence-corrected chi connectivity index (χ4v) is 4.10. The Morgan fingerprint density at radius 2 is 1.45 bits per heavy atom. The summed E-state index contributed by atoms with van der Waals surface area (Å²) in [6, 6.07) is 19.7. The molecule has 0 aliphatic heterocycles. The average molecular weight is 437 g/mol. The molecule has 0 atom stereocenters. The van der Waals surface area contributed by atoms with E-state index in [1.165, 1.54) is 0 Å². The summed E-state index contributed by atoms with van der Waals surface area (Å²) < 4.78 is 0. The second-order valence-corrected chi connectivity index (χ2v) is 8.57. The maximum absolute atomic E-state index is 13.1. The van der Waals surface area contributed by atoms with Gasteiger partial charge in [0.1, 0.15) is 0 Å². The highest BCUT2D eigenvalue weighted by molar-refractivity contribution is 6.07. The lowest BCUT2D eigenvalue weighted by molar-refractivity contribution is 0.102. The Balaban J connectivity index is 1.81. The van der Waals surface area contributed by atoms with E-state index in [9.17, 15) is 4.79 Å². The van der Waals surface area contributed by atoms with Crippen molar-refractivity contribution in [3.8, 4) is 11.1 Å². The quantitative estimate of drug-likeness (QED) is 0.310. The van der Waals surface area contributed by atoms with Crippen molar-refractivity contribution in [2.45, 2.75) is 27.7 Å². The Bertz CT molecular complexity index is 1300. The molecule has 1 amide bonds. The van der Waals surface area contributed by atoms with Crippen LogP contribution < -0.4 is 16.4 Å². The monoisotopic (exact) mass is 436 g/mol. The number of nitrogens with one attached hydrogen (secondary N) is 2. The molecule has 0 fully saturated rings. The van der Waals surface area contributed by atoms with Gasteiger partial charge < -0.3 is 16.4 Å². The first-order valence-corrected chi connectivity index (χ1v) is 10.9. The number of hydrogen-bond acceptors (Lipinski definition) is 4. The molecule has 5 heteroatoms. The molecule has 0 saturated carbocycles. The molecule has 0 bridgehead atoms. The molecule has 166 valence electrons. The van der Waals surface area contributed by atoms with E-state index in [4.69, 9.17) is 5.73 Å². The van der Waals surface area contributed by atoms with E-state index in [2.05, 4.69) is 47.7 Å². The molecular weight excluding hydrogens is 408 g/mol. The number of nitrogen functional groups attached to an aromatic ring is 1. The number of aryl methyl sites for hydroxylation is 4. The lowest BCUT2D eigenvalue weighted by Crippen LogP contribution is -2.14. The summed E-state index contributed by atoms with van der Waals surface area (Å²) in [4.78, 5) is 17.6. The highest BCUT2D eigenvalue weighted by atomic mass is 16.1. The van der Waals surface area contributed by atoms with Gasteiger partial charge in [-0.2, -0.15) is 0 Å². The third-order valence-corrected chi connectivity index (χ3v) is 5.37. The molecule has 3 aromatic carbocycles. The van der Waals surface area contributed by atoms with Gasteiger partial charge in [0.2, 0.25) is 0 Å². The van der Waals surface area contributed by atoms with Gasteiger partial charge in [-0.3, -0.25) is 9.78 Å². The summed E-state index contributed by atoms with van der Waals surface area (Å²) in [6.45, 7) is 8.11. The minimum atomic E-state index is -0.184. The van der Waals surface area contributed by atoms with Crippen LogP contribution in [0.5, 0.6) is 0 Å². The number of nitrogens with two attached hydrogens (primary N) is 1. The number of nitrogens with zero attached hydrogens (tertiary/aromatic N) is 1. The van der Waals surface area contributed by atoms with E-state index in [0.29, 0.717) is 16.9 Å². The summed E-state index contributed by atoms with van der Waals surface area (Å²) in [6.07, 6.45) is 3.48. The van der Waals surface area contributed by atoms with Crippen LogP contribution in [0.2, 0.25) is 0 Å². The third-order valence-electron chi connectivity index (χ3n) is 5.37. The van der Waals surface area contributed by atoms with E-state index >= 15 is 0 Å². The number of rotatable bonds is 5. The zero-order valence-corrected chi connectivity index (χ0v) is 19.4. The molecule has 0 radical (unpaired) electrons. The van der Waals surface area contributed by atoms with Crippen LogP contribution >= 0.6 is 0 Å². The van der Waals surface area contributed by atoms with Crippen LogP contribution in [0, 0.1) is 27.7 Å². The molecule has 1 aromatic heterocycles. The van der Waals surface area contributed by atoms with Crippen LogP contribution in [0.3, 0.4) is 0 Å². The predicted octanol–water partition coefficient (Wildman–Crippen LogP) is 6.56. The molecule has 0 spiro atoms. The van der Waals surface area contributed by atoms with Crippen molar-refractivity contribution in [3.63, 3.8) is 0 Å². The molecule has 33 heavy (non-hydrogen) atoms. The molecule has 5 nitrogen and oxygen atoms in total. The van der Waals surface area contributed by atoms with Crippen molar-refractivity contribution in [2.24, 2.45) is 0 Å². The van der Waals surface area contributed by atoms with Gasteiger partial charge in [0.05, 0.1) is 17.6 Å². The van der Waals surface area contributed by atoms with Gasteiger partial charge in [0, 0.05) is 28.7 Å². The summed E-state index contributed by atoms with van der Waals surface area (Å²) in [5, 5.41) is 6.52. The summed E-state index contributed by atoms with van der Waals surface area (Å²) in [5.41, 5.74) is 15.8. The number of hydrogen-bond donors (Lipinski definition) is 3. The van der Waals surface area contributed by atoms with Crippen molar-refractivity contribution in [1.29, 1.82) is 0 Å². The molecular formula is C28H28N4O. The molecule has 0 aliphatic carbocycles. The topological polar surface area (TPSA) is 80.0 Å². The van der Waals surface area contributed by atoms with Crippen LogP contribution in [0.25, 0.3) is 11.1 Å². The Labute approximate surface area is 194 Å². The highest BCUT2D eigenvalue weighted by Gasteiger charge is 2.16. The second-order valence-electron chi connectivity index (χ2n) is 8.57. The first-order chi connectivity index (χ1) is 15.8. The maximum atomic E-state index is 13.1. The fourth-order valence-electron chi connectivity index (χ4n) is 4.10. The largest absolute Gasteiger partial charge is 0.399 e. The van der Waals surface area contributed by atoms with Gasteiger partial charge in [-0.15, -0.1) is 0 Å². The first-order valence-electron chi connectivity index (χ1n) is 10.9. The smallest absolute Gasteiger partial charge is 0.255 e. The number of anilines is 4. The fraction of sp³-hybridized carbons (Fsp3) is 0.143. The number of pyridine rings is 1. The molecule has 4 N–H and O–H groups in total. The van der Waals surface area contributed by atoms with E-state index in [-0.39, 0.29) is 5.91 Å². The number of aromatic nitrogens is 1. The minimum absolute atomic E-state index is 0.184. The van der Waals surface area contributed by atoms with E-state index in [1.54, 1.807) is 6.20 Å². The predicted molar refractivity (Wildman–Crippen MR) is 137 cm³/mol. The zero-order chi connectivity index (χ0) is 23.5. The molecule has 1 heterocycles. The normalized spacial score (nSPS) is 10.7. The Morgan fingerprint density at radius 1 is 0.818 bits per heavy atom. The average Bonchev–Trinajstić information content (AvgIpc) is 2.73. The van der Waals surface area contributed by atoms with Gasteiger partial charge in [-0.1, -0.05) is 52.6 Å². The van der Waals surface area contributed by atoms with Crippen LogP contribution in [-0.4, -0.2) is 10.9 Å². The van der Waals surface area contributed by atoms with E-state index < -0.39 is 0 Å². The summed E-state index contributed by atoms with van der Waals surface area (Å²) in [5.74, 6) is -0.184. The maximum Gasteiger partial charge on any atom is 0.255 e. The van der Waals surface area contributed by atoms with Gasteiger partial charge in [0.15, 0.2) is 0 Å². The second kappa shape index (κ2) is 9.17. The Morgan fingerprint density at radius 3 is 2.09 bits per heavy atom. The van der Waals surface area contributed by atoms with Gasteiger partial charge in [-0.05, 0) is 63.6 Å². The van der Waals surface area contributed by atoms with Crippen LogP contribution in [-0.2, 0) is 0 Å². The Hall–Kier alpha value is -4.12. The lowest BCUT2D eigenvalue weighted by atomic mass is 10.00. The lowest BCUT2D eigenvalue weighted by Gasteiger charge is -2.18. The molecule has 0 unspecified atom stereocenters. The number of carbonyl (C=O) groups is 1. The Kier molecular flexibility index (Phi) is 6.13. The van der Waals surface area contributed by atoms with Crippen molar-refractivity contribution in [3.05, 3.63) is 101 Å². The highest BCUT2D eigenvalue weighted by Crippen LogP contribution is 2.37. The molecule has 0 saturated heterocycles. The third kappa shape index (κ3) is 5.21. The van der Waals surface area contributed by atoms with Gasteiger partial charge in [0.25, 0.3) is 5.91 Å². The minimum Gasteiger partial charge on any atom is -0.399 e. The van der Waals surface area contributed by atoms with Gasteiger partial charge in [-0.25, -0.2) is 0 Å². The van der Waals surface area contributed by atoms with Crippen LogP contribution in [0.4, 0.5) is 22.7 Å². The van der Waals surface area contributed by atoms with E-state index in [1.807, 2.05) is 62.5 Å². The summed E-state index contributed by atoms with van der Waals surface area (Å²) >= 11 is 0. The molecule has 4 rings (SSSR count). The number of carbonyl (C=O) groups excluding carboxylic acids is 1. The number of amides is 1. The molecule has 0 aliphatic rings. The van der Waals surface area contributed by atoms with Gasteiger partial charge >= 0.3 is 0 Å². The van der Waals surface area contributed by atoms with Crippen molar-refractivity contribution < 1.29 is 4.79 Å². The van der Waals surface area contributed by atoms with E-state index in [0.717, 1.165) is 44.8 Å². The van der Waals surface area contributed by atoms with Crippen molar-refractivity contribution >= 4 is 28.7 Å². The summed E-state index contributed by atoms with van der Waals surface area (Å²) in [7, 11) is 0. The van der Waals surface area contributed by atoms with Crippen molar-refractivity contribution in [2.75, 3.05) is 16.4 Å². The molecule has 4 aromatic rings. The zero-order valence-electron chi connectivity index (χ0n) is 19.4. The van der Waals surface area contributed by atoms with Crippen molar-refractivity contribution in [1.82, 2.24) is 4.98 Å². The number of benzene rings is 3. The van der Waals surface area contributed by atoms with Crippen LogP contribution in [0.1, 0.15) is 32.6 Å². The standard InChI is InChI=1S/C28H28N4O/c1-17-8-18(2)11-21(10-17)25-15-30-16-26(27(25)31-24-7-5-6-23(29)14-24)32-28(33)22-12-19(3)9-20(4)13-22/h5-16H,29H2,1-4H3,(H,30,31)(H,32,33).